The van der Waals surface area contributed by atoms with Crippen LogP contribution in [0.25, 0.3) is 0 Å². The zero-order chi connectivity index (χ0) is 37.1. The van der Waals surface area contributed by atoms with Gasteiger partial charge in [-0.05, 0) is 84.7 Å². The van der Waals surface area contributed by atoms with Crippen molar-refractivity contribution >= 4 is 81.2 Å². The molecule has 0 unspecified atom stereocenters. The monoisotopic (exact) mass is 967 g/mol. The number of oxime groups is 1. The molecule has 2 heterocycles. The van der Waals surface area contributed by atoms with Gasteiger partial charge in [0.25, 0.3) is 5.91 Å². The van der Waals surface area contributed by atoms with E-state index in [0.717, 1.165) is 27.4 Å². The molecule has 2 aliphatic heterocycles. The lowest BCUT2D eigenvalue weighted by atomic mass is 10.0. The van der Waals surface area contributed by atoms with E-state index < -0.39 is 17.8 Å². The molecule has 2 aliphatic rings. The zero-order valence-electron chi connectivity index (χ0n) is 29.8. The molecule has 0 aliphatic carbocycles. The first-order valence-electron chi connectivity index (χ1n) is 18.2. The van der Waals surface area contributed by atoms with Crippen LogP contribution < -0.4 is 15.4 Å². The number of ether oxygens (including phenoxy) is 3. The average Bonchev–Trinajstić information content (AvgIpc) is 3.34. The van der Waals surface area contributed by atoms with E-state index in [-0.39, 0.29) is 24.6 Å². The maximum absolute atomic E-state index is 12.8. The van der Waals surface area contributed by atoms with E-state index in [9.17, 15) is 14.7 Å². The van der Waals surface area contributed by atoms with E-state index >= 15 is 0 Å². The van der Waals surface area contributed by atoms with E-state index in [4.69, 9.17) is 19.0 Å². The predicted octanol–water partition coefficient (Wildman–Crippen LogP) is 9.59. The molecule has 2 atom stereocenters. The Morgan fingerprint density at radius 3 is 2.12 bits per heavy atom. The number of unbranched alkanes of at least 4 members (excludes halogenated alkanes) is 12. The van der Waals surface area contributed by atoms with Gasteiger partial charge in [0.1, 0.15) is 17.8 Å². The van der Waals surface area contributed by atoms with E-state index in [1.165, 1.54) is 84.0 Å². The number of amides is 2. The summed E-state index contributed by atoms with van der Waals surface area (Å²) in [5, 5.41) is 20.5. The van der Waals surface area contributed by atoms with Gasteiger partial charge < -0.3 is 34.8 Å². The first kappa shape index (κ1) is 43.8. The maximum Gasteiger partial charge on any atom is 0.311 e. The molecule has 0 radical (unpaired) electrons. The van der Waals surface area contributed by atoms with Crippen LogP contribution in [0.5, 0.6) is 5.75 Å². The van der Waals surface area contributed by atoms with Gasteiger partial charge in [-0.2, -0.15) is 0 Å². The summed E-state index contributed by atoms with van der Waals surface area (Å²) in [6, 6.07) is 3.98. The summed E-state index contributed by atoms with van der Waals surface area (Å²) in [6.07, 6.45) is 18.6. The molecule has 14 heteroatoms. The Morgan fingerprint density at radius 1 is 0.902 bits per heavy atom. The highest BCUT2D eigenvalue weighted by Gasteiger charge is 2.54. The lowest BCUT2D eigenvalue weighted by molar-refractivity contribution is -0.225. The molecule has 0 bridgehead atoms. The van der Waals surface area contributed by atoms with E-state index in [0.29, 0.717) is 52.9 Å². The van der Waals surface area contributed by atoms with Crippen LogP contribution in [0.15, 0.2) is 47.2 Å². The molecular weight excluding hydrogens is 918 g/mol. The van der Waals surface area contributed by atoms with Crippen molar-refractivity contribution in [2.75, 3.05) is 26.8 Å². The second kappa shape index (κ2) is 23.9. The molecule has 3 N–H and O–H groups in total. The molecule has 10 nitrogen and oxygen atoms in total. The molecule has 0 aromatic heterocycles. The number of carbonyl (C=O) groups is 2. The van der Waals surface area contributed by atoms with Crippen LogP contribution in [-0.2, 0) is 30.3 Å². The molecule has 1 aromatic rings. The van der Waals surface area contributed by atoms with Crippen molar-refractivity contribution < 1.29 is 33.7 Å². The van der Waals surface area contributed by atoms with Crippen molar-refractivity contribution in [3.05, 3.63) is 47.6 Å². The summed E-state index contributed by atoms with van der Waals surface area (Å²) in [7, 11) is 1.51. The highest BCUT2D eigenvalue weighted by atomic mass is 79.9. The van der Waals surface area contributed by atoms with Crippen molar-refractivity contribution in [1.29, 1.82) is 0 Å². The van der Waals surface area contributed by atoms with Gasteiger partial charge in [0.15, 0.2) is 11.8 Å². The number of methoxy groups -OCH3 is 1. The van der Waals surface area contributed by atoms with Gasteiger partial charge in [0.05, 0.1) is 33.6 Å². The minimum atomic E-state index is -1.60. The second-order valence-corrected chi connectivity index (χ2v) is 16.4. The van der Waals surface area contributed by atoms with Crippen LogP contribution in [0.2, 0.25) is 0 Å². The number of nitrogens with zero attached hydrogens (tertiary/aromatic N) is 1. The van der Waals surface area contributed by atoms with Gasteiger partial charge in [-0.25, -0.2) is 0 Å². The molecule has 51 heavy (non-hydrogen) atoms. The van der Waals surface area contributed by atoms with Gasteiger partial charge in [0, 0.05) is 24.0 Å². The molecule has 0 saturated carbocycles. The number of allylic oxidation sites excluding steroid dienone is 1. The van der Waals surface area contributed by atoms with Gasteiger partial charge >= 0.3 is 5.79 Å². The minimum Gasteiger partial charge on any atom is -0.495 e. The van der Waals surface area contributed by atoms with Gasteiger partial charge in [0.2, 0.25) is 5.91 Å². The molecule has 3 rings (SSSR count). The molecule has 0 saturated heterocycles. The van der Waals surface area contributed by atoms with E-state index in [2.05, 4.69) is 86.4 Å². The zero-order valence-corrected chi connectivity index (χ0v) is 36.2. The molecule has 1 aromatic carbocycles. The summed E-state index contributed by atoms with van der Waals surface area (Å²) in [4.78, 5) is 30.6. The number of hydrogen-bond donors (Lipinski definition) is 3. The number of halogens is 4. The first-order valence-corrected chi connectivity index (χ1v) is 21.3. The van der Waals surface area contributed by atoms with Crippen LogP contribution in [0.3, 0.4) is 0 Å². The SMILES string of the molecule is CCCCCCCCCCCCCCCC(=O)NCCc1cc(Br)c(OCCCNC(=O)C2=NO[C@@]3(CC(Br)=C(OC)C(Br)=CO3)[C@H]2O)c(Br)c1. The number of nitrogens with one attached hydrogen (secondary N) is 2. The minimum absolute atomic E-state index is 0.0633. The molecule has 2 amide bonds. The number of benzene rings is 1. The predicted molar refractivity (Wildman–Crippen MR) is 215 cm³/mol. The number of rotatable bonds is 24. The van der Waals surface area contributed by atoms with E-state index in [1.54, 1.807) is 0 Å². The van der Waals surface area contributed by atoms with Crippen molar-refractivity contribution in [3.63, 3.8) is 0 Å². The van der Waals surface area contributed by atoms with Crippen LogP contribution in [0, 0.1) is 0 Å². The fraction of sp³-hybridized carbons (Fsp3) is 0.649. The fourth-order valence-corrected chi connectivity index (χ4v) is 8.90. The number of carbonyl (C=O) groups excluding carboxylic acids is 2. The first-order chi connectivity index (χ1) is 24.6. The lowest BCUT2D eigenvalue weighted by Gasteiger charge is -2.27. The Bertz CT molecular complexity index is 1350. The Balaban J connectivity index is 1.26. The summed E-state index contributed by atoms with van der Waals surface area (Å²) in [6.45, 7) is 3.46. The highest BCUT2D eigenvalue weighted by Crippen LogP contribution is 2.41. The molecule has 0 fully saturated rings. The summed E-state index contributed by atoms with van der Waals surface area (Å²) >= 11 is 14.0. The average molecular weight is 971 g/mol. The van der Waals surface area contributed by atoms with Crippen molar-refractivity contribution in [3.8, 4) is 5.75 Å². The Morgan fingerprint density at radius 2 is 1.51 bits per heavy atom. The summed E-state index contributed by atoms with van der Waals surface area (Å²) in [5.41, 5.74) is 0.880. The third-order valence-electron chi connectivity index (χ3n) is 8.79. The van der Waals surface area contributed by atoms with Crippen LogP contribution >= 0.6 is 63.7 Å². The van der Waals surface area contributed by atoms with Gasteiger partial charge in [-0.1, -0.05) is 105 Å². The number of hydrogen-bond acceptors (Lipinski definition) is 8. The largest absolute Gasteiger partial charge is 0.495 e. The second-order valence-electron chi connectivity index (χ2n) is 12.9. The number of aliphatic hydroxyl groups is 1. The normalized spacial score (nSPS) is 18.5. The maximum atomic E-state index is 12.8. The van der Waals surface area contributed by atoms with Crippen molar-refractivity contribution in [1.82, 2.24) is 10.6 Å². The Labute approximate surface area is 336 Å². The van der Waals surface area contributed by atoms with Crippen LogP contribution in [0.4, 0.5) is 0 Å². The van der Waals surface area contributed by atoms with Crippen molar-refractivity contribution in [2.24, 2.45) is 5.16 Å². The van der Waals surface area contributed by atoms with Crippen molar-refractivity contribution in [2.45, 2.75) is 128 Å². The summed E-state index contributed by atoms with van der Waals surface area (Å²) in [5.74, 6) is -0.922. The highest BCUT2D eigenvalue weighted by molar-refractivity contribution is 9.12. The standard InChI is InChI=1S/C37H53Br4N3O7/c1-3-4-5-6-7-8-9-10-11-12-13-14-15-17-31(45)42-20-18-26-22-27(38)34(28(39)23-26)49-21-16-19-43-36(47)32-35(46)37(51-44-32)24-29(40)33(48-2)30(41)25-50-37/h22-23,25,35,46H,3-21,24H2,1-2H3,(H,42,45)(H,43,47)/t35-,37-/m0/s1. The lowest BCUT2D eigenvalue weighted by Crippen LogP contribution is -2.49. The van der Waals surface area contributed by atoms with Gasteiger partial charge in [-0.15, -0.1) is 0 Å². The van der Waals surface area contributed by atoms with Gasteiger partial charge in [-0.3, -0.25) is 9.59 Å². The van der Waals surface area contributed by atoms with Crippen LogP contribution in [0.1, 0.15) is 115 Å². The molecule has 286 valence electrons. The molecular formula is C37H53Br4N3O7. The summed E-state index contributed by atoms with van der Waals surface area (Å²) < 4.78 is 19.7. The quantitative estimate of drug-likeness (QED) is 0.0882. The number of aliphatic hydroxyl groups excluding tert-OH is 1. The smallest absolute Gasteiger partial charge is 0.311 e. The van der Waals surface area contributed by atoms with Crippen LogP contribution in [-0.4, -0.2) is 61.3 Å². The molecule has 1 spiro atoms. The fourth-order valence-electron chi connectivity index (χ4n) is 5.87. The Kier molecular flexibility index (Phi) is 20.5. The Hall–Kier alpha value is -1.61. The third kappa shape index (κ3) is 14.6. The third-order valence-corrected chi connectivity index (χ3v) is 11.2. The topological polar surface area (TPSA) is 128 Å². The van der Waals surface area contributed by atoms with E-state index in [1.807, 2.05) is 12.1 Å².